The van der Waals surface area contributed by atoms with Crippen molar-refractivity contribution in [2.75, 3.05) is 51.2 Å². The Morgan fingerprint density at radius 1 is 1.21 bits per heavy atom. The molecule has 0 unspecified atom stereocenters. The van der Waals surface area contributed by atoms with Crippen molar-refractivity contribution in [3.8, 4) is 6.07 Å². The van der Waals surface area contributed by atoms with Gasteiger partial charge < -0.3 is 20.1 Å². The number of methoxy groups -OCH3 is 2. The molecule has 0 saturated heterocycles. The quantitative estimate of drug-likeness (QED) is 0.570. The molecule has 0 aromatic heterocycles. The van der Waals surface area contributed by atoms with E-state index in [0.717, 1.165) is 25.2 Å². The fourth-order valence-corrected chi connectivity index (χ4v) is 1.87. The summed E-state index contributed by atoms with van der Waals surface area (Å²) in [5.41, 5.74) is 8.14. The zero-order valence-corrected chi connectivity index (χ0v) is 11.6. The van der Waals surface area contributed by atoms with Crippen LogP contribution >= 0.6 is 0 Å². The van der Waals surface area contributed by atoms with E-state index >= 15 is 0 Å². The van der Waals surface area contributed by atoms with Gasteiger partial charge in [-0.3, -0.25) is 0 Å². The second-order valence-electron chi connectivity index (χ2n) is 4.21. The molecule has 5 heteroatoms. The maximum atomic E-state index is 8.85. The first-order chi connectivity index (χ1) is 9.22. The molecule has 0 spiro atoms. The van der Waals surface area contributed by atoms with Crippen molar-refractivity contribution in [2.45, 2.75) is 6.42 Å². The van der Waals surface area contributed by atoms with Gasteiger partial charge in [-0.05, 0) is 24.6 Å². The molecule has 104 valence electrons. The second kappa shape index (κ2) is 8.35. The zero-order chi connectivity index (χ0) is 14.1. The Balaban J connectivity index is 2.80. The molecule has 0 atom stereocenters. The number of nitrogens with zero attached hydrogens (tertiary/aromatic N) is 2. The largest absolute Gasteiger partial charge is 0.397 e. The minimum Gasteiger partial charge on any atom is -0.397 e. The summed E-state index contributed by atoms with van der Waals surface area (Å²) in [5, 5.41) is 8.85. The van der Waals surface area contributed by atoms with Crippen LogP contribution in [0.15, 0.2) is 18.2 Å². The van der Waals surface area contributed by atoms with Gasteiger partial charge in [0.25, 0.3) is 0 Å². The molecule has 0 bridgehead atoms. The lowest BCUT2D eigenvalue weighted by molar-refractivity contribution is 0.191. The summed E-state index contributed by atoms with van der Waals surface area (Å²) in [5.74, 6) is 0. The number of hydrogen-bond donors (Lipinski definition) is 1. The van der Waals surface area contributed by atoms with E-state index in [1.54, 1.807) is 26.4 Å². The van der Waals surface area contributed by atoms with E-state index in [0.29, 0.717) is 24.5 Å². The molecule has 0 aliphatic rings. The van der Waals surface area contributed by atoms with Gasteiger partial charge in [-0.2, -0.15) is 5.26 Å². The van der Waals surface area contributed by atoms with E-state index in [1.165, 1.54) is 0 Å². The fraction of sp³-hybridized carbons (Fsp3) is 0.500. The third-order valence-electron chi connectivity index (χ3n) is 2.84. The first kappa shape index (κ1) is 15.3. The lowest BCUT2D eigenvalue weighted by Crippen LogP contribution is -2.29. The van der Waals surface area contributed by atoms with Crippen molar-refractivity contribution in [3.63, 3.8) is 0 Å². The van der Waals surface area contributed by atoms with Gasteiger partial charge in [0, 0.05) is 33.9 Å². The van der Waals surface area contributed by atoms with Crippen LogP contribution in [-0.4, -0.2) is 40.5 Å². The van der Waals surface area contributed by atoms with Gasteiger partial charge in [0.15, 0.2) is 0 Å². The van der Waals surface area contributed by atoms with Gasteiger partial charge in [-0.25, -0.2) is 0 Å². The topological polar surface area (TPSA) is 71.5 Å². The average molecular weight is 263 g/mol. The molecule has 0 saturated carbocycles. The Labute approximate surface area is 114 Å². The first-order valence-electron chi connectivity index (χ1n) is 6.25. The summed E-state index contributed by atoms with van der Waals surface area (Å²) in [7, 11) is 3.37. The third-order valence-corrected chi connectivity index (χ3v) is 2.84. The summed E-state index contributed by atoms with van der Waals surface area (Å²) in [6.45, 7) is 2.94. The summed E-state index contributed by atoms with van der Waals surface area (Å²) >= 11 is 0. The monoisotopic (exact) mass is 263 g/mol. The summed E-state index contributed by atoms with van der Waals surface area (Å²) < 4.78 is 10.2. The minimum absolute atomic E-state index is 0.574. The van der Waals surface area contributed by atoms with Crippen LogP contribution in [0.1, 0.15) is 12.0 Å². The molecule has 5 nitrogen and oxygen atoms in total. The SMILES string of the molecule is COCCCN(CCOC)c1ccc(C#N)cc1N. The molecule has 0 fully saturated rings. The summed E-state index contributed by atoms with van der Waals surface area (Å²) in [6, 6.07) is 7.45. The number of anilines is 2. The number of rotatable bonds is 8. The smallest absolute Gasteiger partial charge is 0.0992 e. The second-order valence-corrected chi connectivity index (χ2v) is 4.21. The lowest BCUT2D eigenvalue weighted by Gasteiger charge is -2.26. The highest BCUT2D eigenvalue weighted by Gasteiger charge is 2.10. The van der Waals surface area contributed by atoms with Crippen LogP contribution in [-0.2, 0) is 9.47 Å². The molecular weight excluding hydrogens is 242 g/mol. The number of ether oxygens (including phenoxy) is 2. The standard InChI is InChI=1S/C14H21N3O2/c1-18-8-3-6-17(7-9-19-2)14-5-4-12(11-15)10-13(14)16/h4-5,10H,3,6-9,16H2,1-2H3. The molecular formula is C14H21N3O2. The lowest BCUT2D eigenvalue weighted by atomic mass is 10.1. The molecule has 19 heavy (non-hydrogen) atoms. The summed E-state index contributed by atoms with van der Waals surface area (Å²) in [4.78, 5) is 2.15. The van der Waals surface area contributed by atoms with Gasteiger partial charge >= 0.3 is 0 Å². The molecule has 0 aliphatic heterocycles. The molecule has 1 rings (SSSR count). The average Bonchev–Trinajstić information content (AvgIpc) is 2.43. The van der Waals surface area contributed by atoms with Crippen molar-refractivity contribution >= 4 is 11.4 Å². The normalized spacial score (nSPS) is 10.2. The molecule has 2 N–H and O–H groups in total. The molecule has 0 heterocycles. The zero-order valence-electron chi connectivity index (χ0n) is 11.6. The van der Waals surface area contributed by atoms with Crippen molar-refractivity contribution in [2.24, 2.45) is 0 Å². The number of nitrogens with two attached hydrogens (primary N) is 1. The highest BCUT2D eigenvalue weighted by Crippen LogP contribution is 2.24. The van der Waals surface area contributed by atoms with Gasteiger partial charge in [0.1, 0.15) is 0 Å². The van der Waals surface area contributed by atoms with Crippen LogP contribution in [0.2, 0.25) is 0 Å². The molecule has 0 aliphatic carbocycles. The van der Waals surface area contributed by atoms with Crippen molar-refractivity contribution < 1.29 is 9.47 Å². The van der Waals surface area contributed by atoms with Gasteiger partial charge in [-0.15, -0.1) is 0 Å². The highest BCUT2D eigenvalue weighted by molar-refractivity contribution is 5.69. The van der Waals surface area contributed by atoms with E-state index in [4.69, 9.17) is 20.5 Å². The Morgan fingerprint density at radius 3 is 2.53 bits per heavy atom. The van der Waals surface area contributed by atoms with Crippen molar-refractivity contribution in [1.29, 1.82) is 5.26 Å². The Morgan fingerprint density at radius 2 is 1.95 bits per heavy atom. The van der Waals surface area contributed by atoms with Gasteiger partial charge in [-0.1, -0.05) is 0 Å². The van der Waals surface area contributed by atoms with Crippen molar-refractivity contribution in [1.82, 2.24) is 0 Å². The van der Waals surface area contributed by atoms with Gasteiger partial charge in [0.2, 0.25) is 0 Å². The molecule has 1 aromatic carbocycles. The van der Waals surface area contributed by atoms with Crippen LogP contribution in [0.5, 0.6) is 0 Å². The fourth-order valence-electron chi connectivity index (χ4n) is 1.87. The van der Waals surface area contributed by atoms with E-state index < -0.39 is 0 Å². The van der Waals surface area contributed by atoms with Crippen LogP contribution in [0, 0.1) is 11.3 Å². The Bertz CT molecular complexity index is 429. The third kappa shape index (κ3) is 4.78. The van der Waals surface area contributed by atoms with E-state index in [9.17, 15) is 0 Å². The number of nitriles is 1. The highest BCUT2D eigenvalue weighted by atomic mass is 16.5. The molecule has 0 radical (unpaired) electrons. The maximum absolute atomic E-state index is 8.85. The molecule has 1 aromatic rings. The molecule has 0 amide bonds. The maximum Gasteiger partial charge on any atom is 0.0992 e. The first-order valence-corrected chi connectivity index (χ1v) is 6.25. The Hall–Kier alpha value is -1.77. The predicted octanol–water partition coefficient (Wildman–Crippen LogP) is 1.63. The van der Waals surface area contributed by atoms with Crippen LogP contribution in [0.3, 0.4) is 0 Å². The minimum atomic E-state index is 0.574. The number of hydrogen-bond acceptors (Lipinski definition) is 5. The summed E-state index contributed by atoms with van der Waals surface area (Å²) in [6.07, 6.45) is 0.916. The van der Waals surface area contributed by atoms with Crippen LogP contribution < -0.4 is 10.6 Å². The van der Waals surface area contributed by atoms with Crippen molar-refractivity contribution in [3.05, 3.63) is 23.8 Å². The number of nitrogen functional groups attached to an aromatic ring is 1. The number of benzene rings is 1. The van der Waals surface area contributed by atoms with E-state index in [1.807, 2.05) is 6.07 Å². The van der Waals surface area contributed by atoms with Crippen LogP contribution in [0.25, 0.3) is 0 Å². The Kier molecular flexibility index (Phi) is 6.72. The predicted molar refractivity (Wildman–Crippen MR) is 76.2 cm³/mol. The van der Waals surface area contributed by atoms with E-state index in [-0.39, 0.29) is 0 Å². The van der Waals surface area contributed by atoms with Gasteiger partial charge in [0.05, 0.1) is 29.6 Å². The van der Waals surface area contributed by atoms with Crippen LogP contribution in [0.4, 0.5) is 11.4 Å². The van der Waals surface area contributed by atoms with E-state index in [2.05, 4.69) is 11.0 Å².